The van der Waals surface area contributed by atoms with Gasteiger partial charge in [0, 0.05) is 15.1 Å². The molecule has 0 radical (unpaired) electrons. The summed E-state index contributed by atoms with van der Waals surface area (Å²) in [6.45, 7) is 0.482. The van der Waals surface area contributed by atoms with Crippen LogP contribution in [0.15, 0.2) is 53.0 Å². The summed E-state index contributed by atoms with van der Waals surface area (Å²) < 4.78 is 6.64. The Morgan fingerprint density at radius 1 is 1.06 bits per heavy atom. The number of ether oxygens (including phenoxy) is 1. The minimum absolute atomic E-state index is 0.482. The summed E-state index contributed by atoms with van der Waals surface area (Å²) >= 11 is 9.43. The zero-order valence-electron chi connectivity index (χ0n) is 8.49. The second-order valence-corrected chi connectivity index (χ2v) is 4.66. The highest BCUT2D eigenvalue weighted by molar-refractivity contribution is 9.10. The minimum Gasteiger partial charge on any atom is -0.489 e. The fraction of sp³-hybridized carbons (Fsp3) is 0.0769. The summed E-state index contributed by atoms with van der Waals surface area (Å²) in [4.78, 5) is 0. The highest BCUT2D eigenvalue weighted by Crippen LogP contribution is 2.21. The van der Waals surface area contributed by atoms with Crippen LogP contribution in [-0.2, 0) is 6.61 Å². The Morgan fingerprint density at radius 3 is 2.62 bits per heavy atom. The molecule has 2 rings (SSSR count). The largest absolute Gasteiger partial charge is 0.489 e. The van der Waals surface area contributed by atoms with E-state index in [0.717, 1.165) is 20.8 Å². The molecule has 0 spiro atoms. The van der Waals surface area contributed by atoms with Gasteiger partial charge in [-0.25, -0.2) is 0 Å². The molecule has 0 saturated heterocycles. The maximum Gasteiger partial charge on any atom is 0.120 e. The number of benzene rings is 2. The molecule has 0 fully saturated rings. The van der Waals surface area contributed by atoms with Crippen molar-refractivity contribution in [1.82, 2.24) is 0 Å². The lowest BCUT2D eigenvalue weighted by atomic mass is 10.2. The Labute approximate surface area is 108 Å². The van der Waals surface area contributed by atoms with E-state index < -0.39 is 0 Å². The Morgan fingerprint density at radius 2 is 1.88 bits per heavy atom. The normalized spacial score (nSPS) is 10.1. The van der Waals surface area contributed by atoms with Crippen LogP contribution in [0.5, 0.6) is 5.75 Å². The number of hydrogen-bond acceptors (Lipinski definition) is 1. The Bertz CT molecular complexity index is 485. The minimum atomic E-state index is 0.482. The molecule has 16 heavy (non-hydrogen) atoms. The lowest BCUT2D eigenvalue weighted by molar-refractivity contribution is 0.306. The van der Waals surface area contributed by atoms with Crippen LogP contribution in [0.3, 0.4) is 0 Å². The van der Waals surface area contributed by atoms with E-state index >= 15 is 0 Å². The third kappa shape index (κ3) is 3.00. The maximum absolute atomic E-state index is 6.03. The van der Waals surface area contributed by atoms with Gasteiger partial charge in [0.1, 0.15) is 12.4 Å². The van der Waals surface area contributed by atoms with Gasteiger partial charge >= 0.3 is 0 Å². The molecule has 0 aliphatic heterocycles. The predicted molar refractivity (Wildman–Crippen MR) is 69.9 cm³/mol. The molecular weight excluding hydrogens is 287 g/mol. The van der Waals surface area contributed by atoms with Gasteiger partial charge in [-0.15, -0.1) is 0 Å². The Balaban J connectivity index is 2.05. The van der Waals surface area contributed by atoms with E-state index in [1.165, 1.54) is 0 Å². The van der Waals surface area contributed by atoms with E-state index in [4.69, 9.17) is 16.3 Å². The van der Waals surface area contributed by atoms with Crippen LogP contribution in [0.25, 0.3) is 0 Å². The molecule has 3 heteroatoms. The molecule has 0 saturated carbocycles. The summed E-state index contributed by atoms with van der Waals surface area (Å²) in [5, 5.41) is 0.734. The van der Waals surface area contributed by atoms with Gasteiger partial charge in [0.05, 0.1) is 0 Å². The molecule has 2 aromatic rings. The van der Waals surface area contributed by atoms with Gasteiger partial charge in [-0.2, -0.15) is 0 Å². The lowest BCUT2D eigenvalue weighted by Crippen LogP contribution is -1.95. The molecule has 2 aromatic carbocycles. The fourth-order valence-corrected chi connectivity index (χ4v) is 1.90. The summed E-state index contributed by atoms with van der Waals surface area (Å²) in [7, 11) is 0. The first-order valence-electron chi connectivity index (χ1n) is 4.87. The van der Waals surface area contributed by atoms with Crippen LogP contribution < -0.4 is 4.74 Å². The maximum atomic E-state index is 6.03. The van der Waals surface area contributed by atoms with Crippen LogP contribution in [0, 0.1) is 0 Å². The van der Waals surface area contributed by atoms with Crippen LogP contribution in [0.2, 0.25) is 5.02 Å². The average molecular weight is 298 g/mol. The highest BCUT2D eigenvalue weighted by Gasteiger charge is 2.00. The monoisotopic (exact) mass is 296 g/mol. The van der Waals surface area contributed by atoms with Gasteiger partial charge in [-0.3, -0.25) is 0 Å². The average Bonchev–Trinajstić information content (AvgIpc) is 2.28. The smallest absolute Gasteiger partial charge is 0.120 e. The van der Waals surface area contributed by atoms with Gasteiger partial charge in [0.25, 0.3) is 0 Å². The first kappa shape index (κ1) is 11.5. The van der Waals surface area contributed by atoms with Crippen LogP contribution in [0.1, 0.15) is 5.56 Å². The molecule has 0 aliphatic carbocycles. The van der Waals surface area contributed by atoms with E-state index in [0.29, 0.717) is 6.61 Å². The van der Waals surface area contributed by atoms with Gasteiger partial charge in [0.15, 0.2) is 0 Å². The van der Waals surface area contributed by atoms with Crippen molar-refractivity contribution < 1.29 is 4.74 Å². The fourth-order valence-electron chi connectivity index (χ4n) is 1.33. The van der Waals surface area contributed by atoms with Crippen molar-refractivity contribution in [3.63, 3.8) is 0 Å². The number of hydrogen-bond donors (Lipinski definition) is 0. The Hall–Kier alpha value is -0.990. The van der Waals surface area contributed by atoms with Crippen molar-refractivity contribution in [2.75, 3.05) is 0 Å². The third-order valence-electron chi connectivity index (χ3n) is 2.15. The van der Waals surface area contributed by atoms with Crippen LogP contribution in [0.4, 0.5) is 0 Å². The second kappa shape index (κ2) is 5.37. The van der Waals surface area contributed by atoms with E-state index in [1.807, 2.05) is 48.5 Å². The second-order valence-electron chi connectivity index (χ2n) is 3.34. The predicted octanol–water partition coefficient (Wildman–Crippen LogP) is 4.68. The first-order valence-corrected chi connectivity index (χ1v) is 6.04. The van der Waals surface area contributed by atoms with Crippen molar-refractivity contribution in [2.45, 2.75) is 6.61 Å². The van der Waals surface area contributed by atoms with Crippen molar-refractivity contribution in [2.24, 2.45) is 0 Å². The molecule has 0 bridgehead atoms. The topological polar surface area (TPSA) is 9.23 Å². The number of rotatable bonds is 3. The molecule has 0 amide bonds. The summed E-state index contributed by atoms with van der Waals surface area (Å²) in [6.07, 6.45) is 0. The quantitative estimate of drug-likeness (QED) is 0.799. The van der Waals surface area contributed by atoms with Crippen molar-refractivity contribution in [3.8, 4) is 5.75 Å². The van der Waals surface area contributed by atoms with E-state index in [9.17, 15) is 0 Å². The van der Waals surface area contributed by atoms with Crippen molar-refractivity contribution in [1.29, 1.82) is 0 Å². The van der Waals surface area contributed by atoms with E-state index in [1.54, 1.807) is 0 Å². The van der Waals surface area contributed by atoms with Crippen LogP contribution >= 0.6 is 27.5 Å². The third-order valence-corrected chi connectivity index (χ3v) is 3.01. The zero-order valence-corrected chi connectivity index (χ0v) is 10.8. The van der Waals surface area contributed by atoms with Gasteiger partial charge < -0.3 is 4.74 Å². The Kier molecular flexibility index (Phi) is 3.86. The molecule has 0 unspecified atom stereocenters. The SMILES string of the molecule is Clc1ccccc1COc1cccc(Br)c1. The van der Waals surface area contributed by atoms with Crippen molar-refractivity contribution >= 4 is 27.5 Å². The lowest BCUT2D eigenvalue weighted by Gasteiger charge is -2.07. The molecule has 0 atom stereocenters. The molecule has 0 N–H and O–H groups in total. The first-order chi connectivity index (χ1) is 7.75. The van der Waals surface area contributed by atoms with Crippen LogP contribution in [-0.4, -0.2) is 0 Å². The highest BCUT2D eigenvalue weighted by atomic mass is 79.9. The van der Waals surface area contributed by atoms with Gasteiger partial charge in [-0.1, -0.05) is 51.8 Å². The summed E-state index contributed by atoms with van der Waals surface area (Å²) in [6, 6.07) is 15.4. The molecule has 1 nitrogen and oxygen atoms in total. The van der Waals surface area contributed by atoms with E-state index in [-0.39, 0.29) is 0 Å². The molecule has 0 aromatic heterocycles. The van der Waals surface area contributed by atoms with Crippen molar-refractivity contribution in [3.05, 3.63) is 63.6 Å². The molecule has 0 aliphatic rings. The van der Waals surface area contributed by atoms with E-state index in [2.05, 4.69) is 15.9 Å². The zero-order chi connectivity index (χ0) is 11.4. The summed E-state index contributed by atoms with van der Waals surface area (Å²) in [5.41, 5.74) is 0.990. The standard InChI is InChI=1S/C13H10BrClO/c14-11-5-3-6-12(8-11)16-9-10-4-1-2-7-13(10)15/h1-8H,9H2. The molecule has 0 heterocycles. The molecular formula is C13H10BrClO. The van der Waals surface area contributed by atoms with Gasteiger partial charge in [0.2, 0.25) is 0 Å². The molecule has 82 valence electrons. The number of halogens is 2. The van der Waals surface area contributed by atoms with Gasteiger partial charge in [-0.05, 0) is 24.3 Å². The summed E-state index contributed by atoms with van der Waals surface area (Å²) in [5.74, 6) is 0.828.